The minimum atomic E-state index is -0.761. The van der Waals surface area contributed by atoms with Crippen LogP contribution in [0.4, 0.5) is 0 Å². The lowest BCUT2D eigenvalue weighted by atomic mass is 10.4. The van der Waals surface area contributed by atoms with E-state index in [-0.39, 0.29) is 15.9 Å². The van der Waals surface area contributed by atoms with E-state index in [1.165, 1.54) is 11.8 Å². The third-order valence-electron chi connectivity index (χ3n) is 1.18. The predicted molar refractivity (Wildman–Crippen MR) is 54.0 cm³/mol. The standard InChI is InChI=1S/C6H3Cl3N2OS/c1-13-6-10-3(7)2(5(9)12)4(8)11-6/h1H3. The van der Waals surface area contributed by atoms with Crippen LogP contribution in [0.5, 0.6) is 0 Å². The van der Waals surface area contributed by atoms with Crippen molar-refractivity contribution >= 4 is 51.8 Å². The fourth-order valence-electron chi connectivity index (χ4n) is 0.643. The number of rotatable bonds is 2. The highest BCUT2D eigenvalue weighted by atomic mass is 35.5. The van der Waals surface area contributed by atoms with Gasteiger partial charge in [-0.05, 0) is 17.9 Å². The maximum absolute atomic E-state index is 10.8. The fourth-order valence-corrected chi connectivity index (χ4v) is 1.94. The summed E-state index contributed by atoms with van der Waals surface area (Å²) >= 11 is 17.8. The molecule has 0 atom stereocenters. The van der Waals surface area contributed by atoms with Crippen molar-refractivity contribution in [1.29, 1.82) is 0 Å². The zero-order valence-corrected chi connectivity index (χ0v) is 9.43. The molecule has 0 aliphatic heterocycles. The molecule has 3 nitrogen and oxygen atoms in total. The molecule has 1 rings (SSSR count). The van der Waals surface area contributed by atoms with E-state index < -0.39 is 5.24 Å². The highest BCUT2D eigenvalue weighted by molar-refractivity contribution is 7.98. The van der Waals surface area contributed by atoms with Crippen LogP contribution in [0.25, 0.3) is 0 Å². The zero-order chi connectivity index (χ0) is 10.0. The number of carbonyl (C=O) groups is 1. The van der Waals surface area contributed by atoms with Crippen LogP contribution in [-0.4, -0.2) is 21.5 Å². The Labute approximate surface area is 93.8 Å². The molecule has 0 saturated heterocycles. The molecule has 0 bridgehead atoms. The van der Waals surface area contributed by atoms with Crippen molar-refractivity contribution in [2.75, 3.05) is 6.26 Å². The molecular formula is C6H3Cl3N2OS. The van der Waals surface area contributed by atoms with Gasteiger partial charge in [0.1, 0.15) is 15.9 Å². The second kappa shape index (κ2) is 4.46. The van der Waals surface area contributed by atoms with Gasteiger partial charge in [0.25, 0.3) is 5.24 Å². The van der Waals surface area contributed by atoms with Gasteiger partial charge >= 0.3 is 0 Å². The van der Waals surface area contributed by atoms with Crippen LogP contribution in [0.15, 0.2) is 5.16 Å². The SMILES string of the molecule is CSc1nc(Cl)c(C(=O)Cl)c(Cl)n1. The van der Waals surface area contributed by atoms with Crippen LogP contribution in [0.2, 0.25) is 10.3 Å². The number of aromatic nitrogens is 2. The Hall–Kier alpha value is -0.0300. The number of hydrogen-bond donors (Lipinski definition) is 0. The van der Waals surface area contributed by atoms with Gasteiger partial charge in [0.05, 0.1) is 0 Å². The molecule has 0 N–H and O–H groups in total. The first kappa shape index (κ1) is 11.0. The molecule has 0 amide bonds. The molecule has 1 heterocycles. The van der Waals surface area contributed by atoms with Gasteiger partial charge in [-0.3, -0.25) is 4.79 Å². The van der Waals surface area contributed by atoms with E-state index in [4.69, 9.17) is 34.8 Å². The van der Waals surface area contributed by atoms with Gasteiger partial charge in [0.15, 0.2) is 5.16 Å². The third-order valence-corrected chi connectivity index (χ3v) is 2.46. The predicted octanol–water partition coefficient (Wildman–Crippen LogP) is 2.88. The quantitative estimate of drug-likeness (QED) is 0.354. The molecule has 0 aromatic carbocycles. The van der Waals surface area contributed by atoms with E-state index in [1.807, 2.05) is 0 Å². The summed E-state index contributed by atoms with van der Waals surface area (Å²) in [7, 11) is 0. The average Bonchev–Trinajstić information content (AvgIpc) is 2.02. The van der Waals surface area contributed by atoms with Gasteiger partial charge in [-0.2, -0.15) is 0 Å². The lowest BCUT2D eigenvalue weighted by Crippen LogP contribution is -1.99. The maximum atomic E-state index is 10.8. The van der Waals surface area contributed by atoms with Crippen molar-refractivity contribution in [3.05, 3.63) is 15.9 Å². The van der Waals surface area contributed by atoms with Gasteiger partial charge in [0.2, 0.25) is 0 Å². The molecule has 0 aliphatic rings. The molecule has 0 spiro atoms. The fraction of sp³-hybridized carbons (Fsp3) is 0.167. The Morgan fingerprint density at radius 3 is 2.08 bits per heavy atom. The van der Waals surface area contributed by atoms with Crippen LogP contribution in [-0.2, 0) is 0 Å². The summed E-state index contributed by atoms with van der Waals surface area (Å²) < 4.78 is 0. The number of nitrogens with zero attached hydrogens (tertiary/aromatic N) is 2. The molecule has 0 saturated carbocycles. The summed E-state index contributed by atoms with van der Waals surface area (Å²) in [4.78, 5) is 18.4. The zero-order valence-electron chi connectivity index (χ0n) is 6.34. The first-order valence-electron chi connectivity index (χ1n) is 3.03. The third kappa shape index (κ3) is 2.47. The van der Waals surface area contributed by atoms with Crippen molar-refractivity contribution in [3.63, 3.8) is 0 Å². The summed E-state index contributed by atoms with van der Waals surface area (Å²) in [6.07, 6.45) is 1.77. The molecule has 0 aliphatic carbocycles. The van der Waals surface area contributed by atoms with Gasteiger partial charge in [0, 0.05) is 0 Å². The first-order chi connectivity index (χ1) is 6.06. The summed E-state index contributed by atoms with van der Waals surface area (Å²) in [5, 5.41) is -0.409. The first-order valence-corrected chi connectivity index (χ1v) is 5.39. The van der Waals surface area contributed by atoms with Crippen LogP contribution in [0, 0.1) is 0 Å². The normalized spacial score (nSPS) is 10.2. The molecule has 7 heteroatoms. The average molecular weight is 258 g/mol. The largest absolute Gasteiger partial charge is 0.275 e. The highest BCUT2D eigenvalue weighted by Gasteiger charge is 2.16. The molecule has 0 fully saturated rings. The van der Waals surface area contributed by atoms with Crippen LogP contribution >= 0.6 is 46.6 Å². The van der Waals surface area contributed by atoms with Gasteiger partial charge in [-0.1, -0.05) is 35.0 Å². The number of carbonyl (C=O) groups excluding carboxylic acids is 1. The second-order valence-electron chi connectivity index (χ2n) is 1.94. The van der Waals surface area contributed by atoms with Crippen molar-refractivity contribution in [2.45, 2.75) is 5.16 Å². The Morgan fingerprint density at radius 2 is 1.77 bits per heavy atom. The highest BCUT2D eigenvalue weighted by Crippen LogP contribution is 2.25. The van der Waals surface area contributed by atoms with Crippen LogP contribution < -0.4 is 0 Å². The number of halogens is 3. The van der Waals surface area contributed by atoms with Gasteiger partial charge in [-0.15, -0.1) is 0 Å². The molecule has 0 radical (unpaired) electrons. The van der Waals surface area contributed by atoms with Gasteiger partial charge < -0.3 is 0 Å². The van der Waals surface area contributed by atoms with Crippen molar-refractivity contribution < 1.29 is 4.79 Å². The monoisotopic (exact) mass is 256 g/mol. The second-order valence-corrected chi connectivity index (χ2v) is 3.77. The summed E-state index contributed by atoms with van der Waals surface area (Å²) in [5.74, 6) is 0. The van der Waals surface area contributed by atoms with E-state index >= 15 is 0 Å². The van der Waals surface area contributed by atoms with E-state index in [9.17, 15) is 4.79 Å². The van der Waals surface area contributed by atoms with Crippen LogP contribution in [0.1, 0.15) is 10.4 Å². The molecule has 70 valence electrons. The van der Waals surface area contributed by atoms with E-state index in [0.29, 0.717) is 5.16 Å². The van der Waals surface area contributed by atoms with Crippen molar-refractivity contribution in [2.24, 2.45) is 0 Å². The Bertz CT molecular complexity index is 335. The number of hydrogen-bond acceptors (Lipinski definition) is 4. The molecule has 1 aromatic heterocycles. The van der Waals surface area contributed by atoms with E-state index in [1.54, 1.807) is 6.26 Å². The summed E-state index contributed by atoms with van der Waals surface area (Å²) in [6, 6.07) is 0. The van der Waals surface area contributed by atoms with Crippen LogP contribution in [0.3, 0.4) is 0 Å². The smallest absolute Gasteiger partial charge is 0.258 e. The molecular weight excluding hydrogens is 255 g/mol. The van der Waals surface area contributed by atoms with Crippen molar-refractivity contribution in [1.82, 2.24) is 9.97 Å². The topological polar surface area (TPSA) is 42.9 Å². The minimum Gasteiger partial charge on any atom is -0.275 e. The molecule has 0 unspecified atom stereocenters. The summed E-state index contributed by atoms with van der Waals surface area (Å²) in [6.45, 7) is 0. The van der Waals surface area contributed by atoms with Gasteiger partial charge in [-0.25, -0.2) is 9.97 Å². The molecule has 13 heavy (non-hydrogen) atoms. The molecule has 1 aromatic rings. The lowest BCUT2D eigenvalue weighted by Gasteiger charge is -2.01. The van der Waals surface area contributed by atoms with Crippen molar-refractivity contribution in [3.8, 4) is 0 Å². The van der Waals surface area contributed by atoms with E-state index in [0.717, 1.165) is 0 Å². The Balaban J connectivity index is 3.31. The minimum absolute atomic E-state index is 0.0237. The Kier molecular flexibility index (Phi) is 3.79. The Morgan fingerprint density at radius 1 is 1.31 bits per heavy atom. The maximum Gasteiger partial charge on any atom is 0.258 e. The number of thioether (sulfide) groups is 1. The summed E-state index contributed by atoms with van der Waals surface area (Å²) in [5.41, 5.74) is -0.0530. The lowest BCUT2D eigenvalue weighted by molar-refractivity contribution is 0.108. The van der Waals surface area contributed by atoms with E-state index in [2.05, 4.69) is 9.97 Å².